The molecule has 3 aromatic rings. The standard InChI is InChI=1S/C27H35F3N6O2/c1-15(2)13-35(5)17(4)25-34-23-21(36(25)14-18-9-11-20(12-10-18)27(28,29)30)22(32-24(33-23)26(37)38)31-16(3)19-7-6-8-19/h9-12,15-17,19H,6-8,13-14H2,1-5H3,(H,37,38)(H,31,32,33). The van der Waals surface area contributed by atoms with Gasteiger partial charge in [-0.3, -0.25) is 4.90 Å². The van der Waals surface area contributed by atoms with E-state index in [0.717, 1.165) is 37.9 Å². The van der Waals surface area contributed by atoms with Crippen LogP contribution < -0.4 is 5.32 Å². The maximum Gasteiger partial charge on any atom is 0.416 e. The SMILES string of the molecule is CC(C)CN(C)C(C)c1nc2nc(C(=O)O)nc(NC(C)C3CCC3)c2n1Cc1ccc(C(F)(F)F)cc1. The molecule has 1 saturated carbocycles. The van der Waals surface area contributed by atoms with Gasteiger partial charge in [0.1, 0.15) is 11.3 Å². The molecule has 2 aromatic heterocycles. The number of alkyl halides is 3. The molecule has 2 heterocycles. The Balaban J connectivity index is 1.85. The fourth-order valence-corrected chi connectivity index (χ4v) is 4.91. The molecule has 0 saturated heterocycles. The lowest BCUT2D eigenvalue weighted by molar-refractivity contribution is -0.137. The Morgan fingerprint density at radius 2 is 1.79 bits per heavy atom. The summed E-state index contributed by atoms with van der Waals surface area (Å²) in [5, 5.41) is 13.1. The third kappa shape index (κ3) is 5.92. The van der Waals surface area contributed by atoms with Gasteiger partial charge in [0.25, 0.3) is 0 Å². The van der Waals surface area contributed by atoms with Gasteiger partial charge in [0.2, 0.25) is 5.82 Å². The molecule has 1 aliphatic carbocycles. The predicted molar refractivity (Wildman–Crippen MR) is 139 cm³/mol. The lowest BCUT2D eigenvalue weighted by Crippen LogP contribution is -2.31. The topological polar surface area (TPSA) is 96.2 Å². The minimum atomic E-state index is -4.42. The van der Waals surface area contributed by atoms with Gasteiger partial charge in [-0.25, -0.2) is 19.7 Å². The van der Waals surface area contributed by atoms with Crippen molar-refractivity contribution in [3.8, 4) is 0 Å². The van der Waals surface area contributed by atoms with Crippen LogP contribution in [-0.2, 0) is 12.7 Å². The summed E-state index contributed by atoms with van der Waals surface area (Å²) in [7, 11) is 1.98. The molecule has 0 spiro atoms. The second-order valence-electron chi connectivity index (χ2n) is 10.8. The van der Waals surface area contributed by atoms with Crippen LogP contribution in [0.5, 0.6) is 0 Å². The van der Waals surface area contributed by atoms with Crippen LogP contribution in [0.2, 0.25) is 0 Å². The zero-order valence-corrected chi connectivity index (χ0v) is 22.4. The number of nitrogens with zero attached hydrogens (tertiary/aromatic N) is 5. The first kappa shape index (κ1) is 27.8. The number of halogens is 3. The highest BCUT2D eigenvalue weighted by Gasteiger charge is 2.31. The van der Waals surface area contributed by atoms with Gasteiger partial charge < -0.3 is 15.0 Å². The molecular weight excluding hydrogens is 497 g/mol. The molecule has 0 bridgehead atoms. The minimum Gasteiger partial charge on any atom is -0.475 e. The summed E-state index contributed by atoms with van der Waals surface area (Å²) in [6.45, 7) is 9.30. The Bertz CT molecular complexity index is 1280. The van der Waals surface area contributed by atoms with E-state index in [1.54, 1.807) is 0 Å². The van der Waals surface area contributed by atoms with E-state index in [0.29, 0.717) is 34.6 Å². The summed E-state index contributed by atoms with van der Waals surface area (Å²) in [6, 6.07) is 4.93. The Morgan fingerprint density at radius 1 is 1.13 bits per heavy atom. The van der Waals surface area contributed by atoms with Crippen molar-refractivity contribution in [2.45, 2.75) is 71.8 Å². The van der Waals surface area contributed by atoms with Crippen LogP contribution in [0.4, 0.5) is 19.0 Å². The molecule has 1 aliphatic rings. The summed E-state index contributed by atoms with van der Waals surface area (Å²) in [5.74, 6) is 0.254. The highest BCUT2D eigenvalue weighted by Crippen LogP contribution is 2.34. The molecular formula is C27H35F3N6O2. The van der Waals surface area contributed by atoms with Crippen molar-refractivity contribution in [3.05, 3.63) is 47.0 Å². The summed E-state index contributed by atoms with van der Waals surface area (Å²) in [4.78, 5) is 27.4. The average molecular weight is 533 g/mol. The molecule has 0 radical (unpaired) electrons. The van der Waals surface area contributed by atoms with Crippen molar-refractivity contribution < 1.29 is 23.1 Å². The number of carboxylic acids is 1. The Kier molecular flexibility index (Phi) is 7.96. The molecule has 2 atom stereocenters. The molecule has 1 aromatic carbocycles. The smallest absolute Gasteiger partial charge is 0.416 e. The lowest BCUT2D eigenvalue weighted by Gasteiger charge is -2.32. The van der Waals surface area contributed by atoms with E-state index in [4.69, 9.17) is 4.98 Å². The summed E-state index contributed by atoms with van der Waals surface area (Å²) in [5.41, 5.74) is 0.721. The monoisotopic (exact) mass is 532 g/mol. The molecule has 206 valence electrons. The van der Waals surface area contributed by atoms with Crippen LogP contribution in [-0.4, -0.2) is 55.1 Å². The third-order valence-electron chi connectivity index (χ3n) is 7.36. The number of nitrogens with one attached hydrogen (secondary N) is 1. The Labute approximate surface area is 220 Å². The van der Waals surface area contributed by atoms with Gasteiger partial charge >= 0.3 is 12.1 Å². The number of carbonyl (C=O) groups is 1. The quantitative estimate of drug-likeness (QED) is 0.339. The zero-order chi connectivity index (χ0) is 27.8. The molecule has 0 aliphatic heterocycles. The van der Waals surface area contributed by atoms with Crippen LogP contribution in [0.3, 0.4) is 0 Å². The van der Waals surface area contributed by atoms with Crippen molar-refractivity contribution >= 4 is 23.0 Å². The summed E-state index contributed by atoms with van der Waals surface area (Å²) < 4.78 is 41.4. The molecule has 8 nitrogen and oxygen atoms in total. The number of aromatic carboxylic acids is 1. The largest absolute Gasteiger partial charge is 0.475 e. The lowest BCUT2D eigenvalue weighted by atomic mass is 9.80. The number of hydrogen-bond acceptors (Lipinski definition) is 6. The molecule has 1 fully saturated rings. The number of fused-ring (bicyclic) bond motifs is 1. The molecule has 11 heteroatoms. The predicted octanol–water partition coefficient (Wildman–Crippen LogP) is 5.84. The molecule has 0 amide bonds. The highest BCUT2D eigenvalue weighted by molar-refractivity contribution is 5.90. The van der Waals surface area contributed by atoms with Crippen LogP contribution in [0.15, 0.2) is 24.3 Å². The van der Waals surface area contributed by atoms with Crippen LogP contribution >= 0.6 is 0 Å². The van der Waals surface area contributed by atoms with E-state index in [9.17, 15) is 23.1 Å². The number of imidazole rings is 1. The van der Waals surface area contributed by atoms with E-state index < -0.39 is 17.7 Å². The van der Waals surface area contributed by atoms with Crippen molar-refractivity contribution in [2.24, 2.45) is 11.8 Å². The molecule has 4 rings (SSSR count). The normalized spacial score (nSPS) is 16.2. The Morgan fingerprint density at radius 3 is 2.32 bits per heavy atom. The van der Waals surface area contributed by atoms with Gasteiger partial charge in [-0.15, -0.1) is 0 Å². The van der Waals surface area contributed by atoms with E-state index in [-0.39, 0.29) is 30.1 Å². The van der Waals surface area contributed by atoms with Gasteiger partial charge in [0.15, 0.2) is 11.5 Å². The number of benzene rings is 1. The number of aromatic nitrogens is 4. The second kappa shape index (κ2) is 10.9. The van der Waals surface area contributed by atoms with Gasteiger partial charge in [-0.05, 0) is 63.3 Å². The minimum absolute atomic E-state index is 0.0578. The summed E-state index contributed by atoms with van der Waals surface area (Å²) in [6.07, 6.45) is -1.09. The first-order valence-electron chi connectivity index (χ1n) is 13.0. The average Bonchev–Trinajstić information content (AvgIpc) is 3.15. The maximum absolute atomic E-state index is 13.2. The van der Waals surface area contributed by atoms with E-state index in [1.807, 2.05) is 18.5 Å². The van der Waals surface area contributed by atoms with Crippen molar-refractivity contribution in [2.75, 3.05) is 18.9 Å². The second-order valence-corrected chi connectivity index (χ2v) is 10.8. The van der Waals surface area contributed by atoms with Gasteiger partial charge in [-0.2, -0.15) is 13.2 Å². The third-order valence-corrected chi connectivity index (χ3v) is 7.36. The highest BCUT2D eigenvalue weighted by atomic mass is 19.4. The first-order valence-corrected chi connectivity index (χ1v) is 13.0. The molecule has 2 N–H and O–H groups in total. The van der Waals surface area contributed by atoms with Crippen molar-refractivity contribution in [3.63, 3.8) is 0 Å². The molecule has 2 unspecified atom stereocenters. The number of hydrogen-bond donors (Lipinski definition) is 2. The zero-order valence-electron chi connectivity index (χ0n) is 22.4. The van der Waals surface area contributed by atoms with Crippen molar-refractivity contribution in [1.29, 1.82) is 0 Å². The van der Waals surface area contributed by atoms with Crippen molar-refractivity contribution in [1.82, 2.24) is 24.4 Å². The van der Waals surface area contributed by atoms with E-state index >= 15 is 0 Å². The van der Waals surface area contributed by atoms with Crippen LogP contribution in [0, 0.1) is 11.8 Å². The van der Waals surface area contributed by atoms with Crippen LogP contribution in [0.25, 0.3) is 11.2 Å². The Hall–Kier alpha value is -3.21. The number of rotatable bonds is 10. The first-order chi connectivity index (χ1) is 17.8. The van der Waals surface area contributed by atoms with Crippen LogP contribution in [0.1, 0.15) is 80.6 Å². The number of anilines is 1. The number of carboxylic acid groups (broad SMARTS) is 1. The van der Waals surface area contributed by atoms with E-state index in [2.05, 4.69) is 41.0 Å². The fraction of sp³-hybridized carbons (Fsp3) is 0.556. The van der Waals surface area contributed by atoms with Gasteiger partial charge in [0, 0.05) is 19.1 Å². The summed E-state index contributed by atoms with van der Waals surface area (Å²) >= 11 is 0. The van der Waals surface area contributed by atoms with E-state index in [1.165, 1.54) is 12.1 Å². The molecule has 38 heavy (non-hydrogen) atoms. The van der Waals surface area contributed by atoms with Gasteiger partial charge in [-0.1, -0.05) is 32.4 Å². The van der Waals surface area contributed by atoms with Gasteiger partial charge in [0.05, 0.1) is 11.6 Å². The maximum atomic E-state index is 13.2. The fourth-order valence-electron chi connectivity index (χ4n) is 4.91.